The Morgan fingerprint density at radius 1 is 1.06 bits per heavy atom. The Bertz CT molecular complexity index is 1100. The molecule has 2 N–H and O–H groups in total. The maximum Gasteiger partial charge on any atom is 0.276 e. The second-order valence-corrected chi connectivity index (χ2v) is 8.37. The van der Waals surface area contributed by atoms with Crippen molar-refractivity contribution in [3.63, 3.8) is 0 Å². The Balaban J connectivity index is 1.65. The molecular formula is C25H24ClN3O2. The summed E-state index contributed by atoms with van der Waals surface area (Å²) in [6.07, 6.45) is -0.367. The fourth-order valence-corrected chi connectivity index (χ4v) is 3.82. The molecule has 1 atom stereocenters. The van der Waals surface area contributed by atoms with E-state index in [-0.39, 0.29) is 18.2 Å². The highest BCUT2D eigenvalue weighted by Gasteiger charge is 2.34. The molecular weight excluding hydrogens is 410 g/mol. The molecule has 0 saturated heterocycles. The Morgan fingerprint density at radius 3 is 2.45 bits per heavy atom. The molecule has 3 aromatic carbocycles. The summed E-state index contributed by atoms with van der Waals surface area (Å²) in [7, 11) is 0. The van der Waals surface area contributed by atoms with Crippen LogP contribution in [0.3, 0.4) is 0 Å². The minimum atomic E-state index is -0.540. The van der Waals surface area contributed by atoms with Gasteiger partial charge in [-0.3, -0.25) is 15.0 Å². The van der Waals surface area contributed by atoms with Gasteiger partial charge in [-0.1, -0.05) is 80.0 Å². The number of benzene rings is 3. The van der Waals surface area contributed by atoms with Crippen molar-refractivity contribution in [2.24, 2.45) is 0 Å². The highest BCUT2D eigenvalue weighted by molar-refractivity contribution is 6.31. The van der Waals surface area contributed by atoms with Crippen LogP contribution in [0.2, 0.25) is 5.02 Å². The first-order chi connectivity index (χ1) is 14.9. The molecule has 0 radical (unpaired) electrons. The number of rotatable bonds is 5. The van der Waals surface area contributed by atoms with Crippen LogP contribution < -0.4 is 10.7 Å². The van der Waals surface area contributed by atoms with Gasteiger partial charge < -0.3 is 5.32 Å². The fourth-order valence-electron chi connectivity index (χ4n) is 3.64. The van der Waals surface area contributed by atoms with E-state index < -0.39 is 6.17 Å². The summed E-state index contributed by atoms with van der Waals surface area (Å²) in [6.45, 7) is 4.26. The summed E-state index contributed by atoms with van der Waals surface area (Å²) in [5.74, 6) is -0.175. The van der Waals surface area contributed by atoms with E-state index in [0.717, 1.165) is 11.1 Å². The number of halogens is 1. The molecule has 0 spiro atoms. The zero-order chi connectivity index (χ0) is 22.0. The number of anilines is 1. The van der Waals surface area contributed by atoms with Gasteiger partial charge in [0.1, 0.15) is 6.17 Å². The number of hydrogen-bond acceptors (Lipinski definition) is 3. The molecule has 6 heteroatoms. The van der Waals surface area contributed by atoms with E-state index in [4.69, 9.17) is 11.6 Å². The molecule has 0 fully saturated rings. The van der Waals surface area contributed by atoms with Crippen molar-refractivity contribution < 1.29 is 9.59 Å². The van der Waals surface area contributed by atoms with Crippen molar-refractivity contribution in [2.75, 3.05) is 5.32 Å². The van der Waals surface area contributed by atoms with Gasteiger partial charge in [0.05, 0.1) is 12.0 Å². The van der Waals surface area contributed by atoms with Crippen LogP contribution in [0, 0.1) is 0 Å². The van der Waals surface area contributed by atoms with Crippen molar-refractivity contribution in [3.05, 3.63) is 100 Å². The summed E-state index contributed by atoms with van der Waals surface area (Å²) in [6, 6.07) is 22.6. The number of nitrogens with one attached hydrogen (secondary N) is 2. The van der Waals surface area contributed by atoms with Crippen LogP contribution in [0.4, 0.5) is 5.69 Å². The van der Waals surface area contributed by atoms with E-state index in [2.05, 4.69) is 24.6 Å². The van der Waals surface area contributed by atoms with Crippen LogP contribution in [-0.2, 0) is 11.2 Å². The Kier molecular flexibility index (Phi) is 5.96. The van der Waals surface area contributed by atoms with E-state index in [1.165, 1.54) is 10.6 Å². The molecule has 1 aliphatic rings. The molecule has 0 aliphatic carbocycles. The molecule has 3 aromatic rings. The summed E-state index contributed by atoms with van der Waals surface area (Å²) in [5.41, 5.74) is 6.86. The quantitative estimate of drug-likeness (QED) is 0.573. The maximum atomic E-state index is 13.3. The first kappa shape index (κ1) is 20.9. The van der Waals surface area contributed by atoms with Crippen molar-refractivity contribution in [1.82, 2.24) is 10.4 Å². The van der Waals surface area contributed by atoms with E-state index in [1.54, 1.807) is 18.2 Å². The number of fused-ring (bicyclic) bond motifs is 1. The van der Waals surface area contributed by atoms with Crippen LogP contribution in [0.1, 0.15) is 53.0 Å². The smallest absolute Gasteiger partial charge is 0.276 e. The lowest BCUT2D eigenvalue weighted by Crippen LogP contribution is -2.53. The zero-order valence-corrected chi connectivity index (χ0v) is 18.2. The van der Waals surface area contributed by atoms with Crippen molar-refractivity contribution in [2.45, 2.75) is 32.4 Å². The van der Waals surface area contributed by atoms with Crippen molar-refractivity contribution >= 4 is 29.1 Å². The minimum absolute atomic E-state index is 0.173. The number of carbonyl (C=O) groups excluding carboxylic acids is 2. The Morgan fingerprint density at radius 2 is 1.77 bits per heavy atom. The van der Waals surface area contributed by atoms with Crippen molar-refractivity contribution in [1.29, 1.82) is 0 Å². The van der Waals surface area contributed by atoms with Gasteiger partial charge in [0.25, 0.3) is 5.91 Å². The van der Waals surface area contributed by atoms with Crippen LogP contribution in [0.15, 0.2) is 72.8 Å². The Labute approximate surface area is 187 Å². The van der Waals surface area contributed by atoms with Crippen molar-refractivity contribution in [3.8, 4) is 0 Å². The normalized spacial score (nSPS) is 15.4. The van der Waals surface area contributed by atoms with E-state index in [0.29, 0.717) is 22.2 Å². The number of carbonyl (C=O) groups is 2. The lowest BCUT2D eigenvalue weighted by molar-refractivity contribution is -0.125. The summed E-state index contributed by atoms with van der Waals surface area (Å²) in [5, 5.41) is 5.19. The van der Waals surface area contributed by atoms with Gasteiger partial charge in [-0.05, 0) is 40.8 Å². The highest BCUT2D eigenvalue weighted by atomic mass is 35.5. The zero-order valence-electron chi connectivity index (χ0n) is 17.4. The second-order valence-electron chi connectivity index (χ2n) is 7.93. The fraction of sp³-hybridized carbons (Fsp3) is 0.200. The van der Waals surface area contributed by atoms with Gasteiger partial charge in [-0.25, -0.2) is 5.01 Å². The molecule has 2 amide bonds. The molecule has 0 saturated carbocycles. The van der Waals surface area contributed by atoms with Gasteiger partial charge in [-0.15, -0.1) is 0 Å². The van der Waals surface area contributed by atoms with Crippen LogP contribution in [-0.4, -0.2) is 16.8 Å². The largest absolute Gasteiger partial charge is 0.359 e. The predicted molar refractivity (Wildman–Crippen MR) is 123 cm³/mol. The average Bonchev–Trinajstić information content (AvgIpc) is 2.76. The van der Waals surface area contributed by atoms with Gasteiger partial charge in [0.15, 0.2) is 0 Å². The number of hydrogen-bond donors (Lipinski definition) is 2. The third kappa shape index (κ3) is 4.57. The molecule has 31 heavy (non-hydrogen) atoms. The van der Waals surface area contributed by atoms with Crippen LogP contribution in [0.5, 0.6) is 0 Å². The first-order valence-corrected chi connectivity index (χ1v) is 10.6. The standard InChI is InChI=1S/C25H24ClN3O2/c1-16(2)18-8-10-19(11-9-18)24-27-22-13-12-20(26)15-21(22)25(31)29(24)28-23(30)14-17-6-4-3-5-7-17/h3-13,15-16,24,27H,14H2,1-2H3,(H,28,30). The predicted octanol–water partition coefficient (Wildman–Crippen LogP) is 5.30. The monoisotopic (exact) mass is 433 g/mol. The lowest BCUT2D eigenvalue weighted by Gasteiger charge is -2.38. The second kappa shape index (κ2) is 8.82. The summed E-state index contributed by atoms with van der Waals surface area (Å²) < 4.78 is 0. The molecule has 0 aromatic heterocycles. The third-order valence-corrected chi connectivity index (χ3v) is 5.59. The number of hydrazine groups is 1. The molecule has 0 bridgehead atoms. The van der Waals surface area contributed by atoms with Gasteiger partial charge >= 0.3 is 0 Å². The third-order valence-electron chi connectivity index (χ3n) is 5.35. The molecule has 1 heterocycles. The number of amides is 2. The van der Waals surface area contributed by atoms with E-state index in [9.17, 15) is 9.59 Å². The summed E-state index contributed by atoms with van der Waals surface area (Å²) in [4.78, 5) is 26.1. The van der Waals surface area contributed by atoms with Gasteiger partial charge in [0.2, 0.25) is 5.91 Å². The van der Waals surface area contributed by atoms with Gasteiger partial charge in [-0.2, -0.15) is 0 Å². The minimum Gasteiger partial charge on any atom is -0.359 e. The molecule has 1 unspecified atom stereocenters. The molecule has 4 rings (SSSR count). The number of nitrogens with zero attached hydrogens (tertiary/aromatic N) is 1. The first-order valence-electron chi connectivity index (χ1n) is 10.3. The van der Waals surface area contributed by atoms with E-state index in [1.807, 2.05) is 54.6 Å². The van der Waals surface area contributed by atoms with Gasteiger partial charge in [0, 0.05) is 10.7 Å². The Hall–Kier alpha value is -3.31. The average molecular weight is 434 g/mol. The highest BCUT2D eigenvalue weighted by Crippen LogP contribution is 2.34. The van der Waals surface area contributed by atoms with Crippen LogP contribution in [0.25, 0.3) is 0 Å². The summed E-state index contributed by atoms with van der Waals surface area (Å²) >= 11 is 6.12. The SMILES string of the molecule is CC(C)c1ccc(C2Nc3ccc(Cl)cc3C(=O)N2NC(=O)Cc2ccccc2)cc1. The molecule has 1 aliphatic heterocycles. The maximum absolute atomic E-state index is 13.3. The van der Waals surface area contributed by atoms with E-state index >= 15 is 0 Å². The topological polar surface area (TPSA) is 61.4 Å². The molecule has 5 nitrogen and oxygen atoms in total. The lowest BCUT2D eigenvalue weighted by atomic mass is 9.99. The van der Waals surface area contributed by atoms with Crippen LogP contribution >= 0.6 is 11.6 Å². The molecule has 158 valence electrons.